The van der Waals surface area contributed by atoms with Gasteiger partial charge in [0.05, 0.1) is 15.8 Å². The lowest BCUT2D eigenvalue weighted by Crippen LogP contribution is -2.52. The number of hydrogen-bond donors (Lipinski definition) is 0. The van der Waals surface area contributed by atoms with E-state index < -0.39 is 6.04 Å². The molecule has 0 radical (unpaired) electrons. The second-order valence-electron chi connectivity index (χ2n) is 6.20. The van der Waals surface area contributed by atoms with Crippen LogP contribution in [-0.4, -0.2) is 40.7 Å². The van der Waals surface area contributed by atoms with Gasteiger partial charge >= 0.3 is 0 Å². The SMILES string of the molecule is C=CCN(Cc1ccc(Cl)s1)C(=O)C1CCCCN1C(=O)c1cccs1. The normalized spacial score (nSPS) is 17.1. The molecule has 26 heavy (non-hydrogen) atoms. The van der Waals surface area contributed by atoms with Crippen LogP contribution in [-0.2, 0) is 11.3 Å². The first-order valence-electron chi connectivity index (χ1n) is 8.58. The van der Waals surface area contributed by atoms with Gasteiger partial charge < -0.3 is 9.80 Å². The van der Waals surface area contributed by atoms with Gasteiger partial charge in [0.25, 0.3) is 5.91 Å². The zero-order valence-electron chi connectivity index (χ0n) is 14.4. The fourth-order valence-corrected chi connectivity index (χ4v) is 4.98. The van der Waals surface area contributed by atoms with Crippen molar-refractivity contribution < 1.29 is 9.59 Å². The molecule has 0 saturated carbocycles. The van der Waals surface area contributed by atoms with Crippen molar-refractivity contribution in [2.75, 3.05) is 13.1 Å². The number of nitrogens with zero attached hydrogens (tertiary/aromatic N) is 2. The van der Waals surface area contributed by atoms with E-state index in [1.807, 2.05) is 29.6 Å². The summed E-state index contributed by atoms with van der Waals surface area (Å²) >= 11 is 8.90. The lowest BCUT2D eigenvalue weighted by Gasteiger charge is -2.37. The Morgan fingerprint density at radius 1 is 1.35 bits per heavy atom. The van der Waals surface area contributed by atoms with Crippen molar-refractivity contribution in [3.63, 3.8) is 0 Å². The van der Waals surface area contributed by atoms with Crippen LogP contribution in [0.3, 0.4) is 0 Å². The van der Waals surface area contributed by atoms with Crippen molar-refractivity contribution in [1.29, 1.82) is 0 Å². The summed E-state index contributed by atoms with van der Waals surface area (Å²) in [5, 5.41) is 1.89. The van der Waals surface area contributed by atoms with Gasteiger partial charge in [-0.05, 0) is 42.8 Å². The maximum atomic E-state index is 13.2. The topological polar surface area (TPSA) is 40.6 Å². The first kappa shape index (κ1) is 19.1. The van der Waals surface area contributed by atoms with Gasteiger partial charge in [0.15, 0.2) is 0 Å². The maximum absolute atomic E-state index is 13.2. The van der Waals surface area contributed by atoms with Crippen LogP contribution >= 0.6 is 34.3 Å². The van der Waals surface area contributed by atoms with E-state index in [1.165, 1.54) is 22.7 Å². The van der Waals surface area contributed by atoms with Crippen LogP contribution in [0.2, 0.25) is 4.34 Å². The van der Waals surface area contributed by atoms with Gasteiger partial charge in [0.2, 0.25) is 5.91 Å². The molecule has 2 aromatic rings. The first-order chi connectivity index (χ1) is 12.6. The summed E-state index contributed by atoms with van der Waals surface area (Å²) < 4.78 is 0.707. The number of hydrogen-bond acceptors (Lipinski definition) is 4. The monoisotopic (exact) mass is 408 g/mol. The summed E-state index contributed by atoms with van der Waals surface area (Å²) in [6.45, 7) is 5.34. The van der Waals surface area contributed by atoms with Gasteiger partial charge in [-0.1, -0.05) is 23.7 Å². The van der Waals surface area contributed by atoms with Crippen molar-refractivity contribution in [2.24, 2.45) is 0 Å². The summed E-state index contributed by atoms with van der Waals surface area (Å²) in [5.74, 6) is -0.0604. The number of rotatable bonds is 6. The van der Waals surface area contributed by atoms with Gasteiger partial charge in [-0.2, -0.15) is 0 Å². The Hall–Kier alpha value is -1.63. The number of thiophene rings is 2. The molecule has 1 aliphatic rings. The molecule has 1 unspecified atom stereocenters. The molecule has 1 saturated heterocycles. The maximum Gasteiger partial charge on any atom is 0.264 e. The Kier molecular flexibility index (Phi) is 6.51. The Labute approximate surface area is 166 Å². The molecule has 0 bridgehead atoms. The lowest BCUT2D eigenvalue weighted by atomic mass is 10.00. The summed E-state index contributed by atoms with van der Waals surface area (Å²) in [4.78, 5) is 31.3. The lowest BCUT2D eigenvalue weighted by molar-refractivity contribution is -0.137. The van der Waals surface area contributed by atoms with E-state index in [9.17, 15) is 9.59 Å². The molecule has 0 aliphatic carbocycles. The average molecular weight is 409 g/mol. The molecule has 7 heteroatoms. The highest BCUT2D eigenvalue weighted by Crippen LogP contribution is 2.26. The van der Waals surface area contributed by atoms with Crippen molar-refractivity contribution in [3.8, 4) is 0 Å². The van der Waals surface area contributed by atoms with Crippen molar-refractivity contribution in [1.82, 2.24) is 9.80 Å². The predicted octanol–water partition coefficient (Wildman–Crippen LogP) is 4.67. The van der Waals surface area contributed by atoms with Crippen LogP contribution in [0.25, 0.3) is 0 Å². The molecular weight excluding hydrogens is 388 g/mol. The predicted molar refractivity (Wildman–Crippen MR) is 108 cm³/mol. The average Bonchev–Trinajstić information content (AvgIpc) is 3.32. The number of piperidine rings is 1. The molecule has 2 amide bonds. The van der Waals surface area contributed by atoms with Crippen LogP contribution < -0.4 is 0 Å². The fourth-order valence-electron chi connectivity index (χ4n) is 3.20. The van der Waals surface area contributed by atoms with Crippen molar-refractivity contribution in [2.45, 2.75) is 31.8 Å². The van der Waals surface area contributed by atoms with Gasteiger partial charge in [-0.3, -0.25) is 9.59 Å². The third-order valence-corrected chi connectivity index (χ3v) is 6.49. The second kappa shape index (κ2) is 8.84. The second-order valence-corrected chi connectivity index (χ2v) is 8.95. The summed E-state index contributed by atoms with van der Waals surface area (Å²) in [5.41, 5.74) is 0. The Bertz CT molecular complexity index is 772. The quantitative estimate of drug-likeness (QED) is 0.651. The van der Waals surface area contributed by atoms with Crippen molar-refractivity contribution in [3.05, 3.63) is 56.4 Å². The molecule has 3 heterocycles. The Balaban J connectivity index is 1.78. The highest BCUT2D eigenvalue weighted by Gasteiger charge is 2.35. The summed E-state index contributed by atoms with van der Waals surface area (Å²) in [7, 11) is 0. The van der Waals surface area contributed by atoms with E-state index in [2.05, 4.69) is 6.58 Å². The molecule has 1 atom stereocenters. The molecular formula is C19H21ClN2O2S2. The number of carbonyl (C=O) groups excluding carboxylic acids is 2. The van der Waals surface area contributed by atoms with E-state index in [-0.39, 0.29) is 11.8 Å². The van der Waals surface area contributed by atoms with E-state index in [0.29, 0.717) is 35.3 Å². The highest BCUT2D eigenvalue weighted by atomic mass is 35.5. The van der Waals surface area contributed by atoms with Crippen LogP contribution in [0, 0.1) is 0 Å². The Morgan fingerprint density at radius 2 is 2.19 bits per heavy atom. The van der Waals surface area contributed by atoms with Crippen LogP contribution in [0.15, 0.2) is 42.3 Å². The minimum absolute atomic E-state index is 0.0148. The van der Waals surface area contributed by atoms with Crippen LogP contribution in [0.4, 0.5) is 0 Å². The zero-order chi connectivity index (χ0) is 18.5. The van der Waals surface area contributed by atoms with Gasteiger partial charge in [-0.25, -0.2) is 0 Å². The molecule has 0 spiro atoms. The molecule has 2 aromatic heterocycles. The molecule has 4 nitrogen and oxygen atoms in total. The number of likely N-dealkylation sites (tertiary alicyclic amines) is 1. The molecule has 3 rings (SSSR count). The van der Waals surface area contributed by atoms with Crippen LogP contribution in [0.1, 0.15) is 33.8 Å². The van der Waals surface area contributed by atoms with Gasteiger partial charge in [0, 0.05) is 18.0 Å². The van der Waals surface area contributed by atoms with E-state index in [0.717, 1.165) is 17.7 Å². The minimum atomic E-state index is -0.409. The molecule has 1 fully saturated rings. The molecule has 1 aliphatic heterocycles. The minimum Gasteiger partial charge on any atom is -0.332 e. The van der Waals surface area contributed by atoms with Gasteiger partial charge in [-0.15, -0.1) is 29.3 Å². The fraction of sp³-hybridized carbons (Fsp3) is 0.368. The zero-order valence-corrected chi connectivity index (χ0v) is 16.8. The van der Waals surface area contributed by atoms with Gasteiger partial charge in [0.1, 0.15) is 6.04 Å². The van der Waals surface area contributed by atoms with E-state index in [4.69, 9.17) is 11.6 Å². The first-order valence-corrected chi connectivity index (χ1v) is 10.7. The smallest absolute Gasteiger partial charge is 0.264 e. The summed E-state index contributed by atoms with van der Waals surface area (Å²) in [6.07, 6.45) is 4.32. The number of halogens is 1. The number of amides is 2. The standard InChI is InChI=1S/C19H21ClN2O2S2/c1-2-10-21(13-14-8-9-17(20)26-14)18(23)15-6-3-4-11-22(15)19(24)16-7-5-12-25-16/h2,5,7-9,12,15H,1,3-4,6,10-11,13H2. The third kappa shape index (κ3) is 4.37. The number of carbonyl (C=O) groups is 2. The third-order valence-electron chi connectivity index (χ3n) is 4.42. The molecule has 138 valence electrons. The highest BCUT2D eigenvalue weighted by molar-refractivity contribution is 7.16. The Morgan fingerprint density at radius 3 is 2.85 bits per heavy atom. The van der Waals surface area contributed by atoms with Crippen molar-refractivity contribution >= 4 is 46.1 Å². The van der Waals surface area contributed by atoms with Crippen LogP contribution in [0.5, 0.6) is 0 Å². The van der Waals surface area contributed by atoms with E-state index in [1.54, 1.807) is 15.9 Å². The molecule has 0 aromatic carbocycles. The van der Waals surface area contributed by atoms with E-state index >= 15 is 0 Å². The largest absolute Gasteiger partial charge is 0.332 e. The summed E-state index contributed by atoms with van der Waals surface area (Å²) in [6, 6.07) is 7.05. The molecule has 0 N–H and O–H groups in total.